The van der Waals surface area contributed by atoms with Gasteiger partial charge in [-0.15, -0.1) is 0 Å². The summed E-state index contributed by atoms with van der Waals surface area (Å²) in [5.74, 6) is 1.27. The van der Waals surface area contributed by atoms with Crippen molar-refractivity contribution in [3.05, 3.63) is 0 Å². The smallest absolute Gasteiger partial charge is 0.197 e. The lowest BCUT2D eigenvalue weighted by Gasteiger charge is -2.26. The molecule has 100 valence electrons. The van der Waals surface area contributed by atoms with Crippen molar-refractivity contribution in [2.75, 3.05) is 43.9 Å². The van der Waals surface area contributed by atoms with Crippen LogP contribution >= 0.6 is 11.5 Å². The number of nitrogen functional groups attached to an aromatic ring is 1. The van der Waals surface area contributed by atoms with Gasteiger partial charge in [0.05, 0.1) is 7.11 Å². The van der Waals surface area contributed by atoms with Gasteiger partial charge in [0.2, 0.25) is 0 Å². The van der Waals surface area contributed by atoms with Gasteiger partial charge in [0, 0.05) is 25.7 Å². The van der Waals surface area contributed by atoms with Crippen molar-refractivity contribution in [1.82, 2.24) is 9.27 Å². The van der Waals surface area contributed by atoms with Crippen LogP contribution in [0, 0.1) is 0 Å². The third-order valence-corrected chi connectivity index (χ3v) is 4.86. The molecule has 0 amide bonds. The summed E-state index contributed by atoms with van der Waals surface area (Å²) < 4.78 is 9.61. The van der Waals surface area contributed by atoms with Crippen LogP contribution in [0.25, 0.3) is 0 Å². The number of hydrogen-bond acceptors (Lipinski definition) is 6. The maximum absolute atomic E-state index is 5.84. The van der Waals surface area contributed by atoms with E-state index in [1.54, 1.807) is 7.11 Å². The van der Waals surface area contributed by atoms with Gasteiger partial charge in [-0.2, -0.15) is 4.37 Å². The van der Waals surface area contributed by atoms with E-state index >= 15 is 0 Å². The van der Waals surface area contributed by atoms with Gasteiger partial charge in [-0.1, -0.05) is 0 Å². The van der Waals surface area contributed by atoms with Crippen LogP contribution < -0.4 is 15.4 Å². The molecule has 0 saturated carbocycles. The van der Waals surface area contributed by atoms with Crippen molar-refractivity contribution in [2.45, 2.75) is 25.3 Å². The van der Waals surface area contributed by atoms with Crippen LogP contribution in [0.15, 0.2) is 0 Å². The van der Waals surface area contributed by atoms with Gasteiger partial charge in [-0.05, 0) is 37.3 Å². The van der Waals surface area contributed by atoms with Gasteiger partial charge in [0.25, 0.3) is 0 Å². The van der Waals surface area contributed by atoms with Gasteiger partial charge in [0.1, 0.15) is 0 Å². The van der Waals surface area contributed by atoms with Gasteiger partial charge in [0.15, 0.2) is 16.6 Å². The molecule has 2 N–H and O–H groups in total. The van der Waals surface area contributed by atoms with Crippen molar-refractivity contribution in [3.8, 4) is 5.75 Å². The predicted molar refractivity (Wildman–Crippen MR) is 74.5 cm³/mol. The van der Waals surface area contributed by atoms with Gasteiger partial charge < -0.3 is 15.4 Å². The number of nitrogens with two attached hydrogens (primary N) is 1. The Bertz CT molecular complexity index is 422. The summed E-state index contributed by atoms with van der Waals surface area (Å²) in [4.78, 5) is 5.03. The topological polar surface area (TPSA) is 54.6 Å². The quantitative estimate of drug-likeness (QED) is 0.879. The fourth-order valence-electron chi connectivity index (χ4n) is 3.07. The maximum Gasteiger partial charge on any atom is 0.197 e. The molecule has 3 heterocycles. The molecule has 6 heteroatoms. The van der Waals surface area contributed by atoms with E-state index in [4.69, 9.17) is 10.5 Å². The van der Waals surface area contributed by atoms with Crippen LogP contribution in [0.2, 0.25) is 0 Å². The average Bonchev–Trinajstić information content (AvgIpc) is 2.90. The number of ether oxygens (including phenoxy) is 1. The van der Waals surface area contributed by atoms with Crippen molar-refractivity contribution in [2.24, 2.45) is 0 Å². The second-order valence-electron chi connectivity index (χ2n) is 5.04. The minimum Gasteiger partial charge on any atom is -0.490 e. The minimum atomic E-state index is 0.519. The van der Waals surface area contributed by atoms with E-state index in [2.05, 4.69) is 14.2 Å². The Kier molecular flexibility index (Phi) is 3.30. The molecule has 1 aromatic heterocycles. The Morgan fingerprint density at radius 3 is 3.00 bits per heavy atom. The average molecular weight is 268 g/mol. The highest BCUT2D eigenvalue weighted by atomic mass is 32.1. The summed E-state index contributed by atoms with van der Waals surface area (Å²) in [7, 11) is 1.67. The highest BCUT2D eigenvalue weighted by Crippen LogP contribution is 2.39. The second kappa shape index (κ2) is 4.93. The van der Waals surface area contributed by atoms with Crippen LogP contribution in [0.1, 0.15) is 19.3 Å². The van der Waals surface area contributed by atoms with Gasteiger partial charge in [-0.25, -0.2) is 0 Å². The first kappa shape index (κ1) is 12.0. The monoisotopic (exact) mass is 268 g/mol. The van der Waals surface area contributed by atoms with Crippen molar-refractivity contribution >= 4 is 22.4 Å². The van der Waals surface area contributed by atoms with E-state index < -0.39 is 0 Å². The normalized spacial score (nSPS) is 24.9. The molecular formula is C12H20N4OS. The van der Waals surface area contributed by atoms with E-state index in [1.165, 1.54) is 43.9 Å². The first-order chi connectivity index (χ1) is 8.79. The number of nitrogens with zero attached hydrogens (tertiary/aromatic N) is 3. The molecule has 3 rings (SSSR count). The van der Waals surface area contributed by atoms with Crippen LogP contribution in [0.5, 0.6) is 5.75 Å². The summed E-state index contributed by atoms with van der Waals surface area (Å²) >= 11 is 1.46. The first-order valence-electron chi connectivity index (χ1n) is 6.57. The molecule has 18 heavy (non-hydrogen) atoms. The Morgan fingerprint density at radius 1 is 1.33 bits per heavy atom. The molecule has 2 saturated heterocycles. The number of hydrogen-bond donors (Lipinski definition) is 1. The molecule has 5 nitrogen and oxygen atoms in total. The number of fused-ring (bicyclic) bond motifs is 1. The fourth-order valence-corrected chi connectivity index (χ4v) is 3.89. The van der Waals surface area contributed by atoms with Crippen molar-refractivity contribution in [1.29, 1.82) is 0 Å². The zero-order valence-electron chi connectivity index (χ0n) is 10.8. The van der Waals surface area contributed by atoms with E-state index in [0.717, 1.165) is 23.8 Å². The number of aromatic nitrogens is 1. The molecule has 1 atom stereocenters. The standard InChI is InChI=1S/C12H20N4OS/c1-17-10-11(13)14-18-12(10)16-7-3-6-15-5-2-4-9(15)8-16/h9H,2-8H2,1H3,(H2,13,14). The van der Waals surface area contributed by atoms with E-state index in [1.807, 2.05) is 0 Å². The lowest BCUT2D eigenvalue weighted by Crippen LogP contribution is -2.36. The molecular weight excluding hydrogens is 248 g/mol. The Balaban J connectivity index is 1.82. The largest absolute Gasteiger partial charge is 0.490 e. The van der Waals surface area contributed by atoms with E-state index in [-0.39, 0.29) is 0 Å². The number of anilines is 2. The molecule has 0 aliphatic carbocycles. The van der Waals surface area contributed by atoms with Crippen LogP contribution in [-0.4, -0.2) is 48.6 Å². The van der Waals surface area contributed by atoms with Crippen molar-refractivity contribution < 1.29 is 4.74 Å². The molecule has 0 spiro atoms. The zero-order valence-corrected chi connectivity index (χ0v) is 11.6. The molecule has 2 aliphatic rings. The van der Waals surface area contributed by atoms with Gasteiger partial charge >= 0.3 is 0 Å². The summed E-state index contributed by atoms with van der Waals surface area (Å²) in [6.07, 6.45) is 3.85. The molecule has 1 unspecified atom stereocenters. The Hall–Kier alpha value is -1.01. The highest BCUT2D eigenvalue weighted by Gasteiger charge is 2.30. The summed E-state index contributed by atoms with van der Waals surface area (Å²) in [6.45, 7) is 4.64. The fraction of sp³-hybridized carbons (Fsp3) is 0.750. The molecule has 0 radical (unpaired) electrons. The van der Waals surface area contributed by atoms with Crippen molar-refractivity contribution in [3.63, 3.8) is 0 Å². The lowest BCUT2D eigenvalue weighted by atomic mass is 10.2. The zero-order chi connectivity index (χ0) is 12.5. The Morgan fingerprint density at radius 2 is 2.17 bits per heavy atom. The van der Waals surface area contributed by atoms with Gasteiger partial charge in [-0.3, -0.25) is 4.90 Å². The van der Waals surface area contributed by atoms with E-state index in [0.29, 0.717) is 11.9 Å². The molecule has 0 bridgehead atoms. The number of rotatable bonds is 2. The maximum atomic E-state index is 5.84. The van der Waals surface area contributed by atoms with Crippen LogP contribution in [0.4, 0.5) is 10.8 Å². The predicted octanol–water partition coefficient (Wildman–Crippen LogP) is 1.41. The third kappa shape index (κ3) is 2.03. The molecule has 2 aliphatic heterocycles. The minimum absolute atomic E-state index is 0.519. The molecule has 1 aromatic rings. The lowest BCUT2D eigenvalue weighted by molar-refractivity contribution is 0.273. The summed E-state index contributed by atoms with van der Waals surface area (Å²) in [5.41, 5.74) is 5.84. The van der Waals surface area contributed by atoms with Crippen LogP contribution in [0.3, 0.4) is 0 Å². The highest BCUT2D eigenvalue weighted by molar-refractivity contribution is 7.11. The summed E-state index contributed by atoms with van der Waals surface area (Å²) in [6, 6.07) is 0.695. The summed E-state index contributed by atoms with van der Waals surface area (Å²) in [5, 5.41) is 1.10. The van der Waals surface area contributed by atoms with Crippen LogP contribution in [-0.2, 0) is 0 Å². The number of methoxy groups -OCH3 is 1. The molecule has 0 aromatic carbocycles. The SMILES string of the molecule is COc1c(N)nsc1N1CCCN2CCCC2C1. The van der Waals surface area contributed by atoms with E-state index in [9.17, 15) is 0 Å². The first-order valence-corrected chi connectivity index (χ1v) is 7.35. The molecule has 2 fully saturated rings. The second-order valence-corrected chi connectivity index (χ2v) is 5.79. The third-order valence-electron chi connectivity index (χ3n) is 3.95. The Labute approximate surface area is 112 Å².